The van der Waals surface area contributed by atoms with Gasteiger partial charge in [-0.3, -0.25) is 0 Å². The number of ether oxygens (including phenoxy) is 2. The van der Waals surface area contributed by atoms with E-state index in [-0.39, 0.29) is 0 Å². The van der Waals surface area contributed by atoms with Crippen LogP contribution in [0.15, 0.2) is 48.5 Å². The monoisotopic (exact) mass is 266 g/mol. The largest absolute Gasteiger partial charge is 0.513 e. The van der Waals surface area contributed by atoms with Gasteiger partial charge in [0.1, 0.15) is 5.75 Å². The van der Waals surface area contributed by atoms with E-state index in [0.29, 0.717) is 5.75 Å². The third kappa shape index (κ3) is 1.97. The van der Waals surface area contributed by atoms with Crippen molar-refractivity contribution >= 4 is 27.7 Å². The predicted octanol–water partition coefficient (Wildman–Crippen LogP) is 4.45. The molecule has 3 heteroatoms. The summed E-state index contributed by atoms with van der Waals surface area (Å²) >= 11 is 0. The fraction of sp³-hybridized carbons (Fsp3) is 0.118. The highest BCUT2D eigenvalue weighted by molar-refractivity contribution is 6.07. The average molecular weight is 266 g/mol. The maximum Gasteiger partial charge on any atom is 0.513 e. The maximum atomic E-state index is 11.5. The van der Waals surface area contributed by atoms with Crippen LogP contribution in [0.3, 0.4) is 0 Å². The van der Waals surface area contributed by atoms with Gasteiger partial charge in [-0.25, -0.2) is 4.79 Å². The van der Waals surface area contributed by atoms with E-state index in [1.807, 2.05) is 49.4 Å². The zero-order chi connectivity index (χ0) is 14.1. The van der Waals surface area contributed by atoms with E-state index in [1.54, 1.807) is 0 Å². The van der Waals surface area contributed by atoms with Crippen LogP contribution in [0.25, 0.3) is 21.5 Å². The van der Waals surface area contributed by atoms with E-state index in [4.69, 9.17) is 4.74 Å². The lowest BCUT2D eigenvalue weighted by Gasteiger charge is -2.12. The molecule has 0 aliphatic heterocycles. The van der Waals surface area contributed by atoms with Crippen LogP contribution in [0.4, 0.5) is 4.79 Å². The molecule has 3 aromatic carbocycles. The molecule has 0 saturated carbocycles. The molecule has 0 aromatic heterocycles. The van der Waals surface area contributed by atoms with Gasteiger partial charge in [0.15, 0.2) is 0 Å². The van der Waals surface area contributed by atoms with E-state index in [2.05, 4.69) is 10.8 Å². The van der Waals surface area contributed by atoms with Crippen LogP contribution < -0.4 is 4.74 Å². The second-order valence-electron chi connectivity index (χ2n) is 4.66. The lowest BCUT2D eigenvalue weighted by molar-refractivity contribution is 0.122. The van der Waals surface area contributed by atoms with Gasteiger partial charge < -0.3 is 9.47 Å². The number of methoxy groups -OCH3 is 1. The molecule has 0 bridgehead atoms. The molecule has 0 saturated heterocycles. The van der Waals surface area contributed by atoms with Crippen molar-refractivity contribution in [2.24, 2.45) is 0 Å². The molecule has 0 spiro atoms. The first-order valence-corrected chi connectivity index (χ1v) is 6.37. The molecular weight excluding hydrogens is 252 g/mol. The number of aryl methyl sites for hydroxylation is 1. The van der Waals surface area contributed by atoms with Crippen molar-refractivity contribution in [3.05, 3.63) is 54.1 Å². The van der Waals surface area contributed by atoms with Gasteiger partial charge >= 0.3 is 6.16 Å². The molecule has 3 nitrogen and oxygen atoms in total. The predicted molar refractivity (Wildman–Crippen MR) is 79.2 cm³/mol. The standard InChI is InChI=1S/C17H14O3/c1-11-6-5-8-13-10-12-7-3-4-9-14(12)16(15(11)13)20-17(18)19-2/h3-10H,1-2H3. The molecule has 3 rings (SSSR count). The molecule has 20 heavy (non-hydrogen) atoms. The maximum absolute atomic E-state index is 11.5. The van der Waals surface area contributed by atoms with Gasteiger partial charge in [-0.1, -0.05) is 42.5 Å². The van der Waals surface area contributed by atoms with Gasteiger partial charge in [0.2, 0.25) is 0 Å². The van der Waals surface area contributed by atoms with Gasteiger partial charge in [0.05, 0.1) is 7.11 Å². The fourth-order valence-electron chi connectivity index (χ4n) is 2.48. The quantitative estimate of drug-likeness (QED) is 0.371. The molecule has 0 fully saturated rings. The van der Waals surface area contributed by atoms with Crippen LogP contribution in [0.2, 0.25) is 0 Å². The smallest absolute Gasteiger partial charge is 0.437 e. The Labute approximate surface area is 116 Å². The zero-order valence-electron chi connectivity index (χ0n) is 11.3. The Kier molecular flexibility index (Phi) is 3.03. The van der Waals surface area contributed by atoms with Crippen molar-refractivity contribution in [2.45, 2.75) is 6.92 Å². The molecule has 0 aliphatic rings. The highest BCUT2D eigenvalue weighted by atomic mass is 16.7. The Morgan fingerprint density at radius 2 is 1.75 bits per heavy atom. The lowest BCUT2D eigenvalue weighted by Crippen LogP contribution is -2.08. The summed E-state index contributed by atoms with van der Waals surface area (Å²) in [7, 11) is 1.31. The molecule has 0 atom stereocenters. The summed E-state index contributed by atoms with van der Waals surface area (Å²) in [4.78, 5) is 11.5. The van der Waals surface area contributed by atoms with Crippen LogP contribution in [0, 0.1) is 6.92 Å². The third-order valence-corrected chi connectivity index (χ3v) is 3.40. The van der Waals surface area contributed by atoms with Gasteiger partial charge in [0, 0.05) is 10.8 Å². The summed E-state index contributed by atoms with van der Waals surface area (Å²) in [5, 5.41) is 3.92. The molecule has 0 N–H and O–H groups in total. The van der Waals surface area contributed by atoms with Crippen LogP contribution in [0.5, 0.6) is 5.75 Å². The number of fused-ring (bicyclic) bond motifs is 2. The summed E-state index contributed by atoms with van der Waals surface area (Å²) in [6.45, 7) is 2.00. The first-order chi connectivity index (χ1) is 9.70. The van der Waals surface area contributed by atoms with Crippen LogP contribution in [-0.2, 0) is 4.74 Å². The minimum atomic E-state index is -0.703. The number of hydrogen-bond donors (Lipinski definition) is 0. The Balaban J connectivity index is 2.41. The Bertz CT molecular complexity index is 806. The number of rotatable bonds is 1. The third-order valence-electron chi connectivity index (χ3n) is 3.40. The summed E-state index contributed by atoms with van der Waals surface area (Å²) in [5.41, 5.74) is 1.06. The van der Waals surface area contributed by atoms with Crippen LogP contribution >= 0.6 is 0 Å². The molecule has 0 unspecified atom stereocenters. The molecule has 0 heterocycles. The minimum absolute atomic E-state index is 0.558. The van der Waals surface area contributed by atoms with Gasteiger partial charge in [0.25, 0.3) is 0 Å². The molecule has 0 amide bonds. The highest BCUT2D eigenvalue weighted by Gasteiger charge is 2.14. The molecule has 0 radical (unpaired) electrons. The summed E-state index contributed by atoms with van der Waals surface area (Å²) < 4.78 is 10.0. The number of carbonyl (C=O) groups excluding carboxylic acids is 1. The molecule has 0 aliphatic carbocycles. The summed E-state index contributed by atoms with van der Waals surface area (Å²) in [6.07, 6.45) is -0.703. The van der Waals surface area contributed by atoms with Gasteiger partial charge in [-0.2, -0.15) is 0 Å². The van der Waals surface area contributed by atoms with E-state index in [9.17, 15) is 4.79 Å². The van der Waals surface area contributed by atoms with Crippen LogP contribution in [-0.4, -0.2) is 13.3 Å². The number of carbonyl (C=O) groups is 1. The molecule has 3 aromatic rings. The normalized spacial score (nSPS) is 10.7. The lowest BCUT2D eigenvalue weighted by atomic mass is 9.99. The van der Waals surface area contributed by atoms with Crippen molar-refractivity contribution in [2.75, 3.05) is 7.11 Å². The van der Waals surface area contributed by atoms with Crippen molar-refractivity contribution in [1.29, 1.82) is 0 Å². The molecule has 100 valence electrons. The Morgan fingerprint density at radius 3 is 2.55 bits per heavy atom. The average Bonchev–Trinajstić information content (AvgIpc) is 2.47. The van der Waals surface area contributed by atoms with E-state index in [1.165, 1.54) is 7.11 Å². The topological polar surface area (TPSA) is 35.5 Å². The Morgan fingerprint density at radius 1 is 1.00 bits per heavy atom. The zero-order valence-corrected chi connectivity index (χ0v) is 11.3. The first-order valence-electron chi connectivity index (χ1n) is 6.37. The second kappa shape index (κ2) is 4.85. The Hall–Kier alpha value is -2.55. The first kappa shape index (κ1) is 12.5. The van der Waals surface area contributed by atoms with Crippen molar-refractivity contribution < 1.29 is 14.3 Å². The summed E-state index contributed by atoms with van der Waals surface area (Å²) in [5.74, 6) is 0.558. The second-order valence-corrected chi connectivity index (χ2v) is 4.66. The van der Waals surface area contributed by atoms with Crippen molar-refractivity contribution in [3.63, 3.8) is 0 Å². The minimum Gasteiger partial charge on any atom is -0.437 e. The highest BCUT2D eigenvalue weighted by Crippen LogP contribution is 2.36. The van der Waals surface area contributed by atoms with E-state index in [0.717, 1.165) is 27.1 Å². The number of hydrogen-bond acceptors (Lipinski definition) is 3. The van der Waals surface area contributed by atoms with E-state index < -0.39 is 6.16 Å². The van der Waals surface area contributed by atoms with E-state index >= 15 is 0 Å². The molecular formula is C17H14O3. The van der Waals surface area contributed by atoms with Crippen molar-refractivity contribution in [1.82, 2.24) is 0 Å². The van der Waals surface area contributed by atoms with Crippen LogP contribution in [0.1, 0.15) is 5.56 Å². The van der Waals surface area contributed by atoms with Gasteiger partial charge in [-0.05, 0) is 29.3 Å². The fourth-order valence-corrected chi connectivity index (χ4v) is 2.48. The summed E-state index contributed by atoms with van der Waals surface area (Å²) in [6, 6.07) is 15.9. The SMILES string of the molecule is COC(=O)Oc1c2ccccc2cc2cccc(C)c12. The number of benzene rings is 3. The van der Waals surface area contributed by atoms with Gasteiger partial charge in [-0.15, -0.1) is 0 Å². The van der Waals surface area contributed by atoms with Crippen molar-refractivity contribution in [3.8, 4) is 5.75 Å².